The quantitative estimate of drug-likeness (QED) is 0.312. The van der Waals surface area contributed by atoms with Gasteiger partial charge >= 0.3 is 10.3 Å². The highest BCUT2D eigenvalue weighted by atomic mass is 127. The van der Waals surface area contributed by atoms with Crippen LogP contribution in [0.25, 0.3) is 0 Å². The van der Waals surface area contributed by atoms with Crippen LogP contribution in [0, 0.1) is 0 Å². The molecule has 0 aromatic rings. The smallest absolute Gasteiger partial charge is 0.330 e. The highest BCUT2D eigenvalue weighted by Crippen LogP contribution is 1.72. The van der Waals surface area contributed by atoms with E-state index < -0.39 is 10.3 Å². The molecular weight excluding hydrogens is 275 g/mol. The normalized spacial score (nSPS) is 9.50. The molecule has 0 rings (SSSR count). The number of primary amides is 1. The maximum Gasteiger partial charge on any atom is 0.330 e. The summed E-state index contributed by atoms with van der Waals surface area (Å²) in [6.07, 6.45) is 0. The van der Waals surface area contributed by atoms with Gasteiger partial charge in [0.2, 0.25) is 5.91 Å². The third kappa shape index (κ3) is 94.1. The van der Waals surface area contributed by atoms with Crippen molar-refractivity contribution < 1.29 is 17.8 Å². The third-order valence-electron chi connectivity index (χ3n) is 0.132. The van der Waals surface area contributed by atoms with Crippen LogP contribution >= 0.6 is 22.6 Å². The fourth-order valence-electron chi connectivity index (χ4n) is 0. The molecule has 6 nitrogen and oxygen atoms in total. The molecule has 0 heterocycles. The van der Waals surface area contributed by atoms with Crippen LogP contribution in [0.3, 0.4) is 0 Å². The molecule has 10 heavy (non-hydrogen) atoms. The number of rotatable bonds is 1. The maximum absolute atomic E-state index is 9.58. The summed E-state index contributed by atoms with van der Waals surface area (Å²) in [5, 5.41) is 3.88. The summed E-state index contributed by atoms with van der Waals surface area (Å²) in [5.74, 6) is -0.259. The molecule has 5 N–H and O–H groups in total. The fourth-order valence-corrected chi connectivity index (χ4v) is 0. The second kappa shape index (κ2) is 5.82. The number of nitrogens with two attached hydrogens (primary N) is 2. The zero-order valence-corrected chi connectivity index (χ0v) is 7.79. The Labute approximate surface area is 72.0 Å². The highest BCUT2D eigenvalue weighted by molar-refractivity contribution is 14.1. The SMILES string of the molecule is NC(=O)CI.NS(=O)(=O)O. The minimum atomic E-state index is -4.17. The van der Waals surface area contributed by atoms with Crippen LogP contribution in [0.4, 0.5) is 0 Å². The van der Waals surface area contributed by atoms with E-state index in [1.165, 1.54) is 0 Å². The van der Waals surface area contributed by atoms with Gasteiger partial charge in [-0.15, -0.1) is 0 Å². The Kier molecular flexibility index (Phi) is 7.41. The summed E-state index contributed by atoms with van der Waals surface area (Å²) < 4.78 is 25.6. The van der Waals surface area contributed by atoms with Crippen molar-refractivity contribution in [1.82, 2.24) is 0 Å². The van der Waals surface area contributed by atoms with E-state index in [1.807, 2.05) is 22.6 Å². The summed E-state index contributed by atoms with van der Waals surface area (Å²) in [4.78, 5) is 9.58. The lowest BCUT2D eigenvalue weighted by Crippen LogP contribution is -2.10. The van der Waals surface area contributed by atoms with E-state index in [0.717, 1.165) is 0 Å². The van der Waals surface area contributed by atoms with Crippen LogP contribution in [-0.2, 0) is 15.1 Å². The lowest BCUT2D eigenvalue weighted by molar-refractivity contribution is -0.115. The van der Waals surface area contributed by atoms with Crippen molar-refractivity contribution in [2.75, 3.05) is 4.43 Å². The van der Waals surface area contributed by atoms with E-state index >= 15 is 0 Å². The van der Waals surface area contributed by atoms with Crippen molar-refractivity contribution in [2.45, 2.75) is 0 Å². The van der Waals surface area contributed by atoms with Crippen LogP contribution in [0.15, 0.2) is 0 Å². The number of hydrogen-bond donors (Lipinski definition) is 3. The van der Waals surface area contributed by atoms with E-state index in [2.05, 4.69) is 10.9 Å². The van der Waals surface area contributed by atoms with Gasteiger partial charge in [0.15, 0.2) is 0 Å². The molecule has 0 bridgehead atoms. The topological polar surface area (TPSA) is 123 Å². The summed E-state index contributed by atoms with van der Waals surface area (Å²) in [5.41, 5.74) is 4.65. The third-order valence-corrected chi connectivity index (χ3v) is 0.884. The number of carbonyl (C=O) groups excluding carboxylic acids is 1. The molecule has 0 unspecified atom stereocenters. The Bertz CT molecular complexity index is 179. The van der Waals surface area contributed by atoms with Crippen LogP contribution < -0.4 is 10.9 Å². The summed E-state index contributed by atoms with van der Waals surface area (Å²) in [6.45, 7) is 0. The maximum atomic E-state index is 9.58. The number of hydrogen-bond acceptors (Lipinski definition) is 3. The molecule has 0 saturated carbocycles. The average molecular weight is 282 g/mol. The van der Waals surface area contributed by atoms with Crippen molar-refractivity contribution in [3.8, 4) is 0 Å². The predicted octanol–water partition coefficient (Wildman–Crippen LogP) is -1.35. The summed E-state index contributed by atoms with van der Waals surface area (Å²) in [6, 6.07) is 0. The molecule has 0 aliphatic rings. The van der Waals surface area contributed by atoms with Gasteiger partial charge in [0.25, 0.3) is 0 Å². The molecule has 0 aromatic heterocycles. The zero-order chi connectivity index (χ0) is 8.78. The van der Waals surface area contributed by atoms with E-state index in [0.29, 0.717) is 4.43 Å². The largest absolute Gasteiger partial charge is 0.369 e. The Morgan fingerprint density at radius 2 is 1.70 bits per heavy atom. The van der Waals surface area contributed by atoms with Crippen molar-refractivity contribution in [1.29, 1.82) is 0 Å². The first-order chi connectivity index (χ1) is 4.27. The van der Waals surface area contributed by atoms with Crippen LogP contribution in [0.1, 0.15) is 0 Å². The van der Waals surface area contributed by atoms with Gasteiger partial charge in [0.05, 0.1) is 4.43 Å². The van der Waals surface area contributed by atoms with Crippen LogP contribution in [-0.4, -0.2) is 23.3 Å². The van der Waals surface area contributed by atoms with Crippen LogP contribution in [0.5, 0.6) is 0 Å². The Hall–Kier alpha value is 0.0700. The second-order valence-corrected chi connectivity index (χ2v) is 2.91. The Balaban J connectivity index is 0. The molecule has 0 radical (unpaired) electrons. The first-order valence-corrected chi connectivity index (χ1v) is 4.89. The molecule has 0 aliphatic heterocycles. The lowest BCUT2D eigenvalue weighted by atomic mass is 10.8. The number of carbonyl (C=O) groups is 1. The molecule has 1 amide bonds. The molecular formula is C2H7IN2O4S. The second-order valence-electron chi connectivity index (χ2n) is 1.11. The van der Waals surface area contributed by atoms with Gasteiger partial charge in [0.1, 0.15) is 0 Å². The number of amides is 1. The van der Waals surface area contributed by atoms with E-state index in [4.69, 9.17) is 13.0 Å². The number of alkyl halides is 1. The molecule has 8 heteroatoms. The van der Waals surface area contributed by atoms with Gasteiger partial charge in [-0.1, -0.05) is 22.6 Å². The van der Waals surface area contributed by atoms with Crippen LogP contribution in [0.2, 0.25) is 0 Å². The predicted molar refractivity (Wildman–Crippen MR) is 43.8 cm³/mol. The Morgan fingerprint density at radius 1 is 1.60 bits per heavy atom. The van der Waals surface area contributed by atoms with Gasteiger partial charge in [-0.2, -0.15) is 8.42 Å². The number of halogens is 1. The van der Waals surface area contributed by atoms with Gasteiger partial charge in [-0.05, 0) is 0 Å². The average Bonchev–Trinajstić information content (AvgIpc) is 1.61. The lowest BCUT2D eigenvalue weighted by Gasteiger charge is -1.71. The van der Waals surface area contributed by atoms with Crippen molar-refractivity contribution in [3.05, 3.63) is 0 Å². The zero-order valence-electron chi connectivity index (χ0n) is 4.82. The molecule has 0 spiro atoms. The molecule has 0 atom stereocenters. The molecule has 0 aliphatic carbocycles. The molecule has 0 fully saturated rings. The minimum absolute atomic E-state index is 0.259. The van der Waals surface area contributed by atoms with Crippen molar-refractivity contribution >= 4 is 38.8 Å². The summed E-state index contributed by atoms with van der Waals surface area (Å²) in [7, 11) is -4.17. The van der Waals surface area contributed by atoms with E-state index in [-0.39, 0.29) is 5.91 Å². The van der Waals surface area contributed by atoms with E-state index in [9.17, 15) is 4.79 Å². The first kappa shape index (κ1) is 12.7. The molecule has 0 aromatic carbocycles. The van der Waals surface area contributed by atoms with E-state index in [1.54, 1.807) is 0 Å². The summed E-state index contributed by atoms with van der Waals surface area (Å²) >= 11 is 1.90. The minimum Gasteiger partial charge on any atom is -0.369 e. The Morgan fingerprint density at radius 3 is 1.70 bits per heavy atom. The molecule has 62 valence electrons. The first-order valence-electron chi connectivity index (χ1n) is 1.87. The van der Waals surface area contributed by atoms with Gasteiger partial charge in [-0.3, -0.25) is 9.35 Å². The standard InChI is InChI=1S/C2H4INO.H3NO3S/c3-1-2(4)5;1-5(2,3)4/h1H2,(H2,4,5);(H3,1,2,3,4). The van der Waals surface area contributed by atoms with Gasteiger partial charge in [-0.25, -0.2) is 5.14 Å². The van der Waals surface area contributed by atoms with Gasteiger partial charge < -0.3 is 5.73 Å². The molecule has 0 saturated heterocycles. The highest BCUT2D eigenvalue weighted by Gasteiger charge is 1.81. The fraction of sp³-hybridized carbons (Fsp3) is 0.500. The van der Waals surface area contributed by atoms with Crippen molar-refractivity contribution in [3.63, 3.8) is 0 Å². The van der Waals surface area contributed by atoms with Gasteiger partial charge in [0, 0.05) is 0 Å². The monoisotopic (exact) mass is 282 g/mol. The van der Waals surface area contributed by atoms with Crippen molar-refractivity contribution in [2.24, 2.45) is 10.9 Å².